The van der Waals surface area contributed by atoms with Gasteiger partial charge in [-0.1, -0.05) is 30.3 Å². The van der Waals surface area contributed by atoms with E-state index in [1.54, 1.807) is 13.8 Å². The van der Waals surface area contributed by atoms with E-state index in [1.165, 1.54) is 6.92 Å². The molecule has 7 heteroatoms. The second-order valence-corrected chi connectivity index (χ2v) is 6.24. The normalized spacial score (nSPS) is 10.2. The van der Waals surface area contributed by atoms with Crippen molar-refractivity contribution in [2.24, 2.45) is 0 Å². The summed E-state index contributed by atoms with van der Waals surface area (Å²) in [5.41, 5.74) is 1.53. The molecule has 1 heterocycles. The van der Waals surface area contributed by atoms with E-state index < -0.39 is 12.1 Å². The lowest BCUT2D eigenvalue weighted by molar-refractivity contribution is 0.0527. The number of benzene rings is 1. The van der Waals surface area contributed by atoms with Crippen molar-refractivity contribution in [1.29, 1.82) is 0 Å². The van der Waals surface area contributed by atoms with Gasteiger partial charge >= 0.3 is 12.1 Å². The van der Waals surface area contributed by atoms with Crippen LogP contribution in [0.2, 0.25) is 0 Å². The number of carbonyl (C=O) groups is 3. The lowest BCUT2D eigenvalue weighted by atomic mass is 10.1. The smallest absolute Gasteiger partial charge is 0.412 e. The molecular formula is C18H19NO5S. The minimum Gasteiger partial charge on any atom is -0.462 e. The number of rotatable bonds is 6. The molecule has 1 N–H and O–H groups in total. The Morgan fingerprint density at radius 1 is 1.12 bits per heavy atom. The van der Waals surface area contributed by atoms with Gasteiger partial charge in [-0.25, -0.2) is 9.59 Å². The summed E-state index contributed by atoms with van der Waals surface area (Å²) in [7, 11) is 0. The maximum atomic E-state index is 12.2. The number of carbonyl (C=O) groups excluding carboxylic acids is 3. The number of hydrogen-bond donors (Lipinski definition) is 1. The fraction of sp³-hybridized carbons (Fsp3) is 0.278. The summed E-state index contributed by atoms with van der Waals surface area (Å²) >= 11 is 1.04. The minimum absolute atomic E-state index is 0.103. The second-order valence-electron chi connectivity index (χ2n) is 5.22. The number of hydrogen-bond acceptors (Lipinski definition) is 6. The van der Waals surface area contributed by atoms with E-state index in [1.807, 2.05) is 30.3 Å². The van der Waals surface area contributed by atoms with Gasteiger partial charge in [0.1, 0.15) is 11.6 Å². The van der Waals surface area contributed by atoms with Crippen LogP contribution >= 0.6 is 11.3 Å². The highest BCUT2D eigenvalue weighted by Crippen LogP contribution is 2.34. The largest absolute Gasteiger partial charge is 0.462 e. The van der Waals surface area contributed by atoms with Gasteiger partial charge in [0.25, 0.3) is 0 Å². The average molecular weight is 361 g/mol. The third-order valence-corrected chi connectivity index (χ3v) is 4.68. The maximum absolute atomic E-state index is 12.2. The summed E-state index contributed by atoms with van der Waals surface area (Å²) in [6.07, 6.45) is -0.703. The van der Waals surface area contributed by atoms with E-state index in [0.29, 0.717) is 10.4 Å². The molecule has 1 aromatic heterocycles. The van der Waals surface area contributed by atoms with Crippen LogP contribution in [-0.4, -0.2) is 24.5 Å². The minimum atomic E-state index is -0.703. The summed E-state index contributed by atoms with van der Waals surface area (Å²) < 4.78 is 10.2. The van der Waals surface area contributed by atoms with E-state index >= 15 is 0 Å². The van der Waals surface area contributed by atoms with Gasteiger partial charge < -0.3 is 9.47 Å². The molecule has 2 rings (SSSR count). The summed E-state index contributed by atoms with van der Waals surface area (Å²) in [5.74, 6) is -0.763. The molecular weight excluding hydrogens is 342 g/mol. The maximum Gasteiger partial charge on any atom is 0.412 e. The predicted molar refractivity (Wildman–Crippen MR) is 95.3 cm³/mol. The van der Waals surface area contributed by atoms with Crippen molar-refractivity contribution in [3.8, 4) is 0 Å². The van der Waals surface area contributed by atoms with Crippen LogP contribution in [0.3, 0.4) is 0 Å². The van der Waals surface area contributed by atoms with Crippen LogP contribution in [0.4, 0.5) is 9.80 Å². The van der Waals surface area contributed by atoms with E-state index in [0.717, 1.165) is 16.9 Å². The van der Waals surface area contributed by atoms with E-state index in [4.69, 9.17) is 9.47 Å². The van der Waals surface area contributed by atoms with Gasteiger partial charge in [0, 0.05) is 0 Å². The lowest BCUT2D eigenvalue weighted by Gasteiger charge is -2.08. The fourth-order valence-corrected chi connectivity index (χ4v) is 3.31. The fourth-order valence-electron chi connectivity index (χ4n) is 2.24. The monoisotopic (exact) mass is 361 g/mol. The van der Waals surface area contributed by atoms with Gasteiger partial charge in [-0.05, 0) is 31.9 Å². The van der Waals surface area contributed by atoms with Crippen molar-refractivity contribution in [3.63, 3.8) is 0 Å². The molecule has 0 aliphatic carbocycles. The first-order valence-corrected chi connectivity index (χ1v) is 8.54. The van der Waals surface area contributed by atoms with Crippen molar-refractivity contribution in [1.82, 2.24) is 0 Å². The van der Waals surface area contributed by atoms with Gasteiger partial charge in [0.2, 0.25) is 0 Å². The molecule has 0 radical (unpaired) electrons. The number of nitrogens with one attached hydrogen (secondary N) is 1. The molecule has 0 saturated heterocycles. The van der Waals surface area contributed by atoms with E-state index in [9.17, 15) is 14.4 Å². The standard InChI is InChI=1S/C18H19NO5S/c1-4-23-17(21)14-11(2)15(12(3)20)25-16(14)19-18(22)24-10-13-8-6-5-7-9-13/h5-9H,4,10H2,1-3H3,(H,19,22). The molecule has 132 valence electrons. The number of esters is 1. The van der Waals surface area contributed by atoms with Crippen molar-refractivity contribution in [2.45, 2.75) is 27.4 Å². The Morgan fingerprint density at radius 3 is 2.40 bits per heavy atom. The zero-order chi connectivity index (χ0) is 18.4. The highest BCUT2D eigenvalue weighted by Gasteiger charge is 2.25. The van der Waals surface area contributed by atoms with Crippen molar-refractivity contribution >= 4 is 34.2 Å². The average Bonchev–Trinajstić information content (AvgIpc) is 2.90. The Balaban J connectivity index is 2.16. The highest BCUT2D eigenvalue weighted by atomic mass is 32.1. The zero-order valence-corrected chi connectivity index (χ0v) is 15.1. The van der Waals surface area contributed by atoms with Gasteiger partial charge in [-0.2, -0.15) is 0 Å². The molecule has 0 saturated carbocycles. The van der Waals surface area contributed by atoms with Gasteiger partial charge in [-0.3, -0.25) is 10.1 Å². The number of thiophene rings is 1. The molecule has 0 unspecified atom stereocenters. The molecule has 2 aromatic rings. The zero-order valence-electron chi connectivity index (χ0n) is 14.3. The second kappa shape index (κ2) is 8.43. The van der Waals surface area contributed by atoms with E-state index in [-0.39, 0.29) is 29.6 Å². The van der Waals surface area contributed by atoms with Gasteiger partial charge in [-0.15, -0.1) is 11.3 Å². The summed E-state index contributed by atoms with van der Waals surface area (Å²) in [6.45, 7) is 5.05. The third-order valence-electron chi connectivity index (χ3n) is 3.37. The Bertz CT molecular complexity index is 782. The SMILES string of the molecule is CCOC(=O)c1c(NC(=O)OCc2ccccc2)sc(C(C)=O)c1C. The molecule has 1 aromatic carbocycles. The Kier molecular flexibility index (Phi) is 6.30. The van der Waals surface area contributed by atoms with Gasteiger partial charge in [0.15, 0.2) is 5.78 Å². The first kappa shape index (κ1) is 18.7. The van der Waals surface area contributed by atoms with Crippen LogP contribution in [0, 0.1) is 6.92 Å². The summed E-state index contributed by atoms with van der Waals surface area (Å²) in [6, 6.07) is 9.22. The van der Waals surface area contributed by atoms with Crippen LogP contribution in [0.5, 0.6) is 0 Å². The van der Waals surface area contributed by atoms with Crippen molar-refractivity contribution in [2.75, 3.05) is 11.9 Å². The van der Waals surface area contributed by atoms with E-state index in [2.05, 4.69) is 5.32 Å². The molecule has 0 atom stereocenters. The first-order valence-electron chi connectivity index (χ1n) is 7.73. The molecule has 0 fully saturated rings. The van der Waals surface area contributed by atoms with Crippen LogP contribution in [0.1, 0.15) is 45.0 Å². The number of anilines is 1. The Hall–Kier alpha value is -2.67. The number of Topliss-reactive ketones (excluding diaryl/α,β-unsaturated/α-hetero) is 1. The topological polar surface area (TPSA) is 81.7 Å². The number of amides is 1. The molecule has 25 heavy (non-hydrogen) atoms. The van der Waals surface area contributed by atoms with Crippen LogP contribution < -0.4 is 5.32 Å². The molecule has 0 bridgehead atoms. The summed E-state index contributed by atoms with van der Waals surface area (Å²) in [5, 5.41) is 2.79. The van der Waals surface area contributed by atoms with Crippen LogP contribution in [-0.2, 0) is 16.1 Å². The van der Waals surface area contributed by atoms with Crippen LogP contribution in [0.15, 0.2) is 30.3 Å². The third kappa shape index (κ3) is 4.67. The number of ether oxygens (including phenoxy) is 2. The lowest BCUT2D eigenvalue weighted by Crippen LogP contribution is -2.16. The predicted octanol–water partition coefficient (Wildman–Crippen LogP) is 4.18. The van der Waals surface area contributed by atoms with Crippen LogP contribution in [0.25, 0.3) is 0 Å². The molecule has 0 spiro atoms. The van der Waals surface area contributed by atoms with Gasteiger partial charge in [0.05, 0.1) is 17.0 Å². The quantitative estimate of drug-likeness (QED) is 0.616. The molecule has 6 nitrogen and oxygen atoms in total. The molecule has 1 amide bonds. The number of ketones is 1. The van der Waals surface area contributed by atoms with Crippen molar-refractivity contribution < 1.29 is 23.9 Å². The Morgan fingerprint density at radius 2 is 1.80 bits per heavy atom. The molecule has 0 aliphatic rings. The summed E-state index contributed by atoms with van der Waals surface area (Å²) in [4.78, 5) is 36.3. The highest BCUT2D eigenvalue weighted by molar-refractivity contribution is 7.18. The first-order chi connectivity index (χ1) is 11.9. The molecule has 0 aliphatic heterocycles. The Labute approximate surface area is 149 Å². The van der Waals surface area contributed by atoms with Crippen molar-refractivity contribution in [3.05, 3.63) is 51.9 Å².